The molecule has 0 aromatic rings. The molecule has 0 heterocycles. The van der Waals surface area contributed by atoms with Gasteiger partial charge in [0.25, 0.3) is 0 Å². The van der Waals surface area contributed by atoms with E-state index < -0.39 is 20.0 Å². The van der Waals surface area contributed by atoms with Crippen LogP contribution in [0.5, 0.6) is 0 Å². The fraction of sp³-hybridized carbons (Fsp3) is 1.00. The Labute approximate surface area is 86.6 Å². The standard InChI is InChI=1S/4C2H5O.Sn/c4*1-2-3;/h4*2H2,1H3;/q4*-1;+4. The van der Waals surface area contributed by atoms with E-state index >= 15 is 0 Å². The molecule has 0 aliphatic rings. The van der Waals surface area contributed by atoms with Gasteiger partial charge in [-0.1, -0.05) is 0 Å². The molecule has 0 amide bonds. The van der Waals surface area contributed by atoms with Gasteiger partial charge in [0.1, 0.15) is 0 Å². The van der Waals surface area contributed by atoms with Crippen LogP contribution in [-0.2, 0) is 12.3 Å². The van der Waals surface area contributed by atoms with Gasteiger partial charge in [0.05, 0.1) is 0 Å². The predicted molar refractivity (Wildman–Crippen MR) is 52.3 cm³/mol. The van der Waals surface area contributed by atoms with E-state index in [1.54, 1.807) is 0 Å². The van der Waals surface area contributed by atoms with Crippen molar-refractivity contribution in [1.29, 1.82) is 0 Å². The molecule has 0 atom stereocenters. The van der Waals surface area contributed by atoms with Crippen LogP contribution in [0.3, 0.4) is 0 Å². The molecule has 4 nitrogen and oxygen atoms in total. The van der Waals surface area contributed by atoms with Gasteiger partial charge in [-0.15, -0.1) is 0 Å². The molecule has 0 saturated heterocycles. The van der Waals surface area contributed by atoms with E-state index in [1.165, 1.54) is 0 Å². The first-order valence-electron chi connectivity index (χ1n) is 4.80. The summed E-state index contributed by atoms with van der Waals surface area (Å²) in [7, 11) is 0. The third-order valence-corrected chi connectivity index (χ3v) is 8.62. The molecular formula is C8H20O4Sn. The normalized spacial score (nSPS) is 12.0. The second-order valence-electron chi connectivity index (χ2n) is 2.23. The third-order valence-electron chi connectivity index (χ3n) is 1.28. The van der Waals surface area contributed by atoms with Crippen molar-refractivity contribution < 1.29 is 12.3 Å². The van der Waals surface area contributed by atoms with E-state index in [4.69, 9.17) is 12.3 Å². The van der Waals surface area contributed by atoms with Gasteiger partial charge in [-0.2, -0.15) is 0 Å². The van der Waals surface area contributed by atoms with E-state index in [0.717, 1.165) is 0 Å². The first-order chi connectivity index (χ1) is 6.24. The van der Waals surface area contributed by atoms with Gasteiger partial charge in [0.15, 0.2) is 0 Å². The predicted octanol–water partition coefficient (Wildman–Crippen LogP) is 1.57. The zero-order valence-electron chi connectivity index (χ0n) is 8.96. The molecule has 0 aliphatic heterocycles. The Morgan fingerprint density at radius 2 is 0.846 bits per heavy atom. The molecule has 5 heteroatoms. The minimum atomic E-state index is -3.56. The molecule has 0 spiro atoms. The SMILES string of the molecule is CC[O][Sn]([O]CC)([O]CC)[O]CC. The molecule has 13 heavy (non-hydrogen) atoms. The number of rotatable bonds is 8. The van der Waals surface area contributed by atoms with Crippen LogP contribution in [0.25, 0.3) is 0 Å². The first-order valence-corrected chi connectivity index (χ1v) is 9.46. The molecule has 0 unspecified atom stereocenters. The van der Waals surface area contributed by atoms with E-state index in [1.807, 2.05) is 27.7 Å². The maximum atomic E-state index is 5.49. The van der Waals surface area contributed by atoms with Gasteiger partial charge in [-0.05, 0) is 0 Å². The average Bonchev–Trinajstić information content (AvgIpc) is 2.06. The van der Waals surface area contributed by atoms with Crippen LogP contribution in [0, 0.1) is 0 Å². The Bertz CT molecular complexity index is 91.2. The zero-order valence-corrected chi connectivity index (χ0v) is 11.8. The van der Waals surface area contributed by atoms with Crippen LogP contribution < -0.4 is 0 Å². The summed E-state index contributed by atoms with van der Waals surface area (Å²) in [6, 6.07) is 0. The monoisotopic (exact) mass is 300 g/mol. The second-order valence-corrected chi connectivity index (χ2v) is 8.38. The van der Waals surface area contributed by atoms with Crippen molar-refractivity contribution in [3.63, 3.8) is 0 Å². The maximum absolute atomic E-state index is 5.49. The zero-order chi connectivity index (χ0) is 10.2. The molecule has 0 aromatic heterocycles. The van der Waals surface area contributed by atoms with Crippen LogP contribution in [0.2, 0.25) is 0 Å². The van der Waals surface area contributed by atoms with Crippen molar-refractivity contribution >= 4 is 20.0 Å². The molecule has 0 aromatic carbocycles. The fourth-order valence-electron chi connectivity index (χ4n) is 0.957. The Hall–Kier alpha value is 0.639. The minimum absolute atomic E-state index is 0.579. The summed E-state index contributed by atoms with van der Waals surface area (Å²) in [4.78, 5) is 0. The van der Waals surface area contributed by atoms with E-state index in [-0.39, 0.29) is 0 Å². The quantitative estimate of drug-likeness (QED) is 0.638. The van der Waals surface area contributed by atoms with E-state index in [0.29, 0.717) is 26.4 Å². The molecule has 0 saturated carbocycles. The number of hydrogen-bond donors (Lipinski definition) is 0. The van der Waals surface area contributed by atoms with Crippen LogP contribution in [0.15, 0.2) is 0 Å². The third kappa shape index (κ3) is 5.17. The Balaban J connectivity index is 4.19. The molecule has 0 radical (unpaired) electrons. The van der Waals surface area contributed by atoms with Crippen LogP contribution in [-0.4, -0.2) is 46.5 Å². The van der Waals surface area contributed by atoms with Crippen molar-refractivity contribution in [3.05, 3.63) is 0 Å². The van der Waals surface area contributed by atoms with Crippen LogP contribution in [0.1, 0.15) is 27.7 Å². The molecule has 0 fully saturated rings. The van der Waals surface area contributed by atoms with Crippen molar-refractivity contribution in [3.8, 4) is 0 Å². The Morgan fingerprint density at radius 3 is 1.00 bits per heavy atom. The van der Waals surface area contributed by atoms with Crippen LogP contribution in [0.4, 0.5) is 0 Å². The Morgan fingerprint density at radius 1 is 0.615 bits per heavy atom. The first kappa shape index (κ1) is 13.6. The summed E-state index contributed by atoms with van der Waals surface area (Å²) in [5, 5.41) is 0. The van der Waals surface area contributed by atoms with Crippen molar-refractivity contribution in [1.82, 2.24) is 0 Å². The molecule has 0 bridgehead atoms. The van der Waals surface area contributed by atoms with Crippen molar-refractivity contribution in [2.75, 3.05) is 26.4 Å². The summed E-state index contributed by atoms with van der Waals surface area (Å²) in [6.07, 6.45) is 0. The Kier molecular flexibility index (Phi) is 8.38. The van der Waals surface area contributed by atoms with Crippen LogP contribution >= 0.6 is 0 Å². The summed E-state index contributed by atoms with van der Waals surface area (Å²) in [5.41, 5.74) is 0. The van der Waals surface area contributed by atoms with E-state index in [9.17, 15) is 0 Å². The molecule has 0 rings (SSSR count). The van der Waals surface area contributed by atoms with Crippen molar-refractivity contribution in [2.45, 2.75) is 27.7 Å². The van der Waals surface area contributed by atoms with Gasteiger partial charge < -0.3 is 0 Å². The second kappa shape index (κ2) is 7.99. The van der Waals surface area contributed by atoms with Gasteiger partial charge in [-0.3, -0.25) is 0 Å². The summed E-state index contributed by atoms with van der Waals surface area (Å²) in [6.45, 7) is 10.00. The summed E-state index contributed by atoms with van der Waals surface area (Å²) in [5.74, 6) is 0. The van der Waals surface area contributed by atoms with Gasteiger partial charge >= 0.3 is 86.5 Å². The van der Waals surface area contributed by atoms with Crippen molar-refractivity contribution in [2.24, 2.45) is 0 Å². The van der Waals surface area contributed by atoms with Gasteiger partial charge in [-0.25, -0.2) is 0 Å². The summed E-state index contributed by atoms with van der Waals surface area (Å²) >= 11 is -3.56. The average molecular weight is 299 g/mol. The molecule has 0 N–H and O–H groups in total. The van der Waals surface area contributed by atoms with Gasteiger partial charge in [0, 0.05) is 0 Å². The molecular weight excluding hydrogens is 279 g/mol. The number of hydrogen-bond acceptors (Lipinski definition) is 4. The fourth-order valence-corrected chi connectivity index (χ4v) is 6.42. The topological polar surface area (TPSA) is 36.9 Å². The molecule has 80 valence electrons. The summed E-state index contributed by atoms with van der Waals surface area (Å²) < 4.78 is 22.0. The van der Waals surface area contributed by atoms with Gasteiger partial charge in [0.2, 0.25) is 0 Å². The molecule has 0 aliphatic carbocycles. The van der Waals surface area contributed by atoms with E-state index in [2.05, 4.69) is 0 Å².